The van der Waals surface area contributed by atoms with E-state index in [-0.39, 0.29) is 11.8 Å². The second-order valence-electron chi connectivity index (χ2n) is 5.34. The van der Waals surface area contributed by atoms with Gasteiger partial charge in [0.15, 0.2) is 0 Å². The van der Waals surface area contributed by atoms with Crippen molar-refractivity contribution in [2.75, 3.05) is 7.11 Å². The van der Waals surface area contributed by atoms with E-state index >= 15 is 0 Å². The molecule has 2 aromatic rings. The molecule has 0 spiro atoms. The van der Waals surface area contributed by atoms with Gasteiger partial charge in [0.05, 0.1) is 13.2 Å². The Labute approximate surface area is 135 Å². The molecule has 2 aromatic carbocycles. The van der Waals surface area contributed by atoms with E-state index in [0.29, 0.717) is 0 Å². The van der Waals surface area contributed by atoms with Gasteiger partial charge in [0.2, 0.25) is 5.91 Å². The van der Waals surface area contributed by atoms with E-state index in [9.17, 15) is 10.1 Å². The SMILES string of the molecule is COc1ccc(C2=CC(c3ccccc3)C(C#N)C(=O)N2)cc1. The van der Waals surface area contributed by atoms with Crippen molar-refractivity contribution in [1.82, 2.24) is 5.32 Å². The smallest absolute Gasteiger partial charge is 0.242 e. The molecule has 0 fully saturated rings. The van der Waals surface area contributed by atoms with E-state index in [1.165, 1.54) is 0 Å². The molecular weight excluding hydrogens is 288 g/mol. The molecule has 0 saturated carbocycles. The topological polar surface area (TPSA) is 62.1 Å². The minimum atomic E-state index is -0.723. The number of benzene rings is 2. The first-order valence-electron chi connectivity index (χ1n) is 7.34. The van der Waals surface area contributed by atoms with E-state index in [1.807, 2.05) is 60.7 Å². The van der Waals surface area contributed by atoms with Crippen molar-refractivity contribution in [2.45, 2.75) is 5.92 Å². The minimum absolute atomic E-state index is 0.257. The molecule has 1 aliphatic rings. The van der Waals surface area contributed by atoms with Crippen LogP contribution in [0.2, 0.25) is 0 Å². The van der Waals surface area contributed by atoms with E-state index in [0.717, 1.165) is 22.6 Å². The first-order chi connectivity index (χ1) is 11.2. The standard InChI is InChI=1S/C19H16N2O2/c1-23-15-9-7-14(8-10-15)18-11-16(13-5-3-2-4-6-13)17(12-20)19(22)21-18/h2-11,16-17H,1H3,(H,21,22). The molecule has 1 amide bonds. The molecule has 2 unspecified atom stereocenters. The number of hydrogen-bond donors (Lipinski definition) is 1. The van der Waals surface area contributed by atoms with Crippen LogP contribution in [0.15, 0.2) is 60.7 Å². The quantitative estimate of drug-likeness (QED) is 0.948. The lowest BCUT2D eigenvalue weighted by Gasteiger charge is -2.26. The first-order valence-corrected chi connectivity index (χ1v) is 7.34. The number of amides is 1. The normalized spacial score (nSPS) is 20.2. The number of methoxy groups -OCH3 is 1. The van der Waals surface area contributed by atoms with Gasteiger partial charge in [0, 0.05) is 11.6 Å². The highest BCUT2D eigenvalue weighted by Gasteiger charge is 2.33. The van der Waals surface area contributed by atoms with Crippen LogP contribution < -0.4 is 10.1 Å². The zero-order valence-corrected chi connectivity index (χ0v) is 12.7. The molecule has 0 aliphatic carbocycles. The summed E-state index contributed by atoms with van der Waals surface area (Å²) < 4.78 is 5.15. The van der Waals surface area contributed by atoms with Crippen molar-refractivity contribution < 1.29 is 9.53 Å². The van der Waals surface area contributed by atoms with Gasteiger partial charge in [-0.3, -0.25) is 4.79 Å². The average Bonchev–Trinajstić information content (AvgIpc) is 2.62. The number of nitrogens with one attached hydrogen (secondary N) is 1. The van der Waals surface area contributed by atoms with Gasteiger partial charge in [0.25, 0.3) is 0 Å². The predicted molar refractivity (Wildman–Crippen MR) is 87.4 cm³/mol. The summed E-state index contributed by atoms with van der Waals surface area (Å²) in [5, 5.41) is 12.2. The predicted octanol–water partition coefficient (Wildman–Crippen LogP) is 3.09. The molecule has 23 heavy (non-hydrogen) atoms. The lowest BCUT2D eigenvalue weighted by Crippen LogP contribution is -2.36. The van der Waals surface area contributed by atoms with Crippen LogP contribution >= 0.6 is 0 Å². The third-order valence-electron chi connectivity index (χ3n) is 3.97. The fraction of sp³-hybridized carbons (Fsp3) is 0.158. The maximum absolute atomic E-state index is 12.3. The van der Waals surface area contributed by atoms with Gasteiger partial charge < -0.3 is 10.1 Å². The second kappa shape index (κ2) is 6.37. The van der Waals surface area contributed by atoms with Crippen LogP contribution in [0.1, 0.15) is 17.0 Å². The molecule has 4 nitrogen and oxygen atoms in total. The summed E-state index contributed by atoms with van der Waals surface area (Å²) in [5.74, 6) is -0.493. The van der Waals surface area contributed by atoms with Crippen LogP contribution in [0.5, 0.6) is 5.75 Å². The number of allylic oxidation sites excluding steroid dienone is 1. The van der Waals surface area contributed by atoms with Crippen molar-refractivity contribution in [2.24, 2.45) is 5.92 Å². The maximum Gasteiger partial charge on any atom is 0.242 e. The van der Waals surface area contributed by atoms with Crippen molar-refractivity contribution in [3.05, 3.63) is 71.8 Å². The average molecular weight is 304 g/mol. The maximum atomic E-state index is 12.3. The first kappa shape index (κ1) is 14.9. The fourth-order valence-electron chi connectivity index (χ4n) is 2.73. The Balaban J connectivity index is 2.01. The van der Waals surface area contributed by atoms with Crippen LogP contribution in [0, 0.1) is 17.2 Å². The van der Waals surface area contributed by atoms with E-state index in [2.05, 4.69) is 11.4 Å². The van der Waals surface area contributed by atoms with Crippen LogP contribution in [-0.2, 0) is 4.79 Å². The number of carbonyl (C=O) groups excluding carboxylic acids is 1. The van der Waals surface area contributed by atoms with Crippen molar-refractivity contribution in [1.29, 1.82) is 5.26 Å². The van der Waals surface area contributed by atoms with E-state index in [4.69, 9.17) is 4.74 Å². The van der Waals surface area contributed by atoms with Gasteiger partial charge in [-0.15, -0.1) is 0 Å². The molecular formula is C19H16N2O2. The Hall–Kier alpha value is -3.06. The summed E-state index contributed by atoms with van der Waals surface area (Å²) in [6.45, 7) is 0. The van der Waals surface area contributed by atoms with Crippen LogP contribution in [-0.4, -0.2) is 13.0 Å². The summed E-state index contributed by atoms with van der Waals surface area (Å²) in [5.41, 5.74) is 2.56. The van der Waals surface area contributed by atoms with E-state index < -0.39 is 5.92 Å². The molecule has 0 aromatic heterocycles. The van der Waals surface area contributed by atoms with Gasteiger partial charge in [-0.25, -0.2) is 0 Å². The third-order valence-corrected chi connectivity index (χ3v) is 3.97. The van der Waals surface area contributed by atoms with Crippen LogP contribution in [0.25, 0.3) is 5.70 Å². The molecule has 0 radical (unpaired) electrons. The van der Waals surface area contributed by atoms with Crippen molar-refractivity contribution in [3.8, 4) is 11.8 Å². The molecule has 0 bridgehead atoms. The largest absolute Gasteiger partial charge is 0.497 e. The lowest BCUT2D eigenvalue weighted by atomic mass is 9.82. The molecule has 2 atom stereocenters. The highest BCUT2D eigenvalue weighted by molar-refractivity contribution is 5.93. The molecule has 0 saturated heterocycles. The van der Waals surface area contributed by atoms with Gasteiger partial charge in [-0.1, -0.05) is 36.4 Å². The zero-order chi connectivity index (χ0) is 16.2. The molecule has 3 rings (SSSR count). The van der Waals surface area contributed by atoms with Gasteiger partial charge >= 0.3 is 0 Å². The second-order valence-corrected chi connectivity index (χ2v) is 5.34. The van der Waals surface area contributed by atoms with Crippen molar-refractivity contribution in [3.63, 3.8) is 0 Å². The summed E-state index contributed by atoms with van der Waals surface area (Å²) in [7, 11) is 1.61. The number of nitrogens with zero attached hydrogens (tertiary/aromatic N) is 1. The molecule has 4 heteroatoms. The van der Waals surface area contributed by atoms with Gasteiger partial charge in [-0.2, -0.15) is 5.26 Å². The molecule has 114 valence electrons. The Morgan fingerprint density at radius 1 is 1.09 bits per heavy atom. The lowest BCUT2D eigenvalue weighted by molar-refractivity contribution is -0.122. The summed E-state index contributed by atoms with van der Waals surface area (Å²) in [6, 6.07) is 19.2. The number of ether oxygens (including phenoxy) is 1. The minimum Gasteiger partial charge on any atom is -0.497 e. The number of hydrogen-bond acceptors (Lipinski definition) is 3. The van der Waals surface area contributed by atoms with Gasteiger partial charge in [0.1, 0.15) is 11.7 Å². The van der Waals surface area contributed by atoms with Crippen molar-refractivity contribution >= 4 is 11.6 Å². The van der Waals surface area contributed by atoms with Gasteiger partial charge in [-0.05, 0) is 35.4 Å². The Morgan fingerprint density at radius 3 is 2.39 bits per heavy atom. The zero-order valence-electron chi connectivity index (χ0n) is 12.7. The number of rotatable bonds is 3. The Kier molecular flexibility index (Phi) is 4.11. The highest BCUT2D eigenvalue weighted by Crippen LogP contribution is 2.33. The van der Waals surface area contributed by atoms with Crippen LogP contribution in [0.4, 0.5) is 0 Å². The Morgan fingerprint density at radius 2 is 1.78 bits per heavy atom. The molecule has 1 heterocycles. The molecule has 1 N–H and O–H groups in total. The van der Waals surface area contributed by atoms with E-state index in [1.54, 1.807) is 7.11 Å². The number of carbonyl (C=O) groups is 1. The van der Waals surface area contributed by atoms with Crippen LogP contribution in [0.3, 0.4) is 0 Å². The Bertz CT molecular complexity index is 773. The number of nitriles is 1. The highest BCUT2D eigenvalue weighted by atomic mass is 16.5. The summed E-state index contributed by atoms with van der Waals surface area (Å²) in [6.07, 6.45) is 1.95. The molecule has 1 aliphatic heterocycles. The fourth-order valence-corrected chi connectivity index (χ4v) is 2.73. The summed E-state index contributed by atoms with van der Waals surface area (Å²) >= 11 is 0. The third kappa shape index (κ3) is 2.95. The monoisotopic (exact) mass is 304 g/mol. The summed E-state index contributed by atoms with van der Waals surface area (Å²) in [4.78, 5) is 12.3.